The van der Waals surface area contributed by atoms with Crippen molar-refractivity contribution in [1.82, 2.24) is 4.57 Å². The zero-order valence-corrected chi connectivity index (χ0v) is 10.1. The minimum absolute atomic E-state index is 0.565. The van der Waals surface area contributed by atoms with Gasteiger partial charge in [0.2, 0.25) is 6.54 Å². The Bertz CT molecular complexity index is 534. The van der Waals surface area contributed by atoms with Gasteiger partial charge in [0.25, 0.3) is 0 Å². The number of rotatable bonds is 2. The Labute approximate surface area is 97.5 Å². The molecule has 3 heteroatoms. The summed E-state index contributed by atoms with van der Waals surface area (Å²) in [6, 6.07) is 6.26. The second kappa shape index (κ2) is 4.08. The van der Waals surface area contributed by atoms with Crippen molar-refractivity contribution < 1.29 is 0 Å². The molecule has 0 saturated carbocycles. The van der Waals surface area contributed by atoms with Crippen LogP contribution in [-0.2, 0) is 13.5 Å². The van der Waals surface area contributed by atoms with E-state index in [9.17, 15) is 0 Å². The van der Waals surface area contributed by atoms with Gasteiger partial charge in [-0.3, -0.25) is 0 Å². The molecule has 0 bridgehead atoms. The molecule has 2 aromatic rings. The molecule has 0 unspecified atom stereocenters. The van der Waals surface area contributed by atoms with E-state index in [2.05, 4.69) is 43.7 Å². The molecule has 1 aromatic heterocycles. The standard InChI is InChI=1S/C12H11BrN2/c1-14-6-5-9-8-15(2)12-7-10(13)3-4-11(9)12/h3-4,7-8H,5-6H2,2H3. The molecular weight excluding hydrogens is 252 g/mol. The predicted molar refractivity (Wildman–Crippen MR) is 65.8 cm³/mol. The smallest absolute Gasteiger partial charge is 0.218 e. The molecule has 0 amide bonds. The van der Waals surface area contributed by atoms with Gasteiger partial charge < -0.3 is 9.41 Å². The van der Waals surface area contributed by atoms with E-state index in [4.69, 9.17) is 6.57 Å². The van der Waals surface area contributed by atoms with Crippen LogP contribution in [-0.4, -0.2) is 11.1 Å². The molecule has 0 aliphatic carbocycles. The van der Waals surface area contributed by atoms with Crippen LogP contribution in [0.25, 0.3) is 15.7 Å². The number of nitrogens with zero attached hydrogens (tertiary/aromatic N) is 2. The fourth-order valence-electron chi connectivity index (χ4n) is 1.82. The first-order valence-electron chi connectivity index (χ1n) is 4.79. The fraction of sp³-hybridized carbons (Fsp3) is 0.250. The van der Waals surface area contributed by atoms with Crippen molar-refractivity contribution in [3.63, 3.8) is 0 Å². The first kappa shape index (κ1) is 10.3. The second-order valence-electron chi connectivity index (χ2n) is 3.56. The van der Waals surface area contributed by atoms with Gasteiger partial charge in [0.15, 0.2) is 0 Å². The minimum atomic E-state index is 0.565. The molecule has 0 spiro atoms. The molecule has 0 aliphatic heterocycles. The third-order valence-electron chi connectivity index (χ3n) is 2.53. The van der Waals surface area contributed by atoms with Crippen molar-refractivity contribution in [1.29, 1.82) is 0 Å². The van der Waals surface area contributed by atoms with Crippen LogP contribution in [0, 0.1) is 6.57 Å². The lowest BCUT2D eigenvalue weighted by atomic mass is 10.1. The normalized spacial score (nSPS) is 10.5. The maximum atomic E-state index is 6.81. The highest BCUT2D eigenvalue weighted by Crippen LogP contribution is 2.24. The third-order valence-corrected chi connectivity index (χ3v) is 3.02. The Balaban J connectivity index is 2.54. The summed E-state index contributed by atoms with van der Waals surface area (Å²) >= 11 is 3.47. The van der Waals surface area contributed by atoms with Crippen LogP contribution in [0.3, 0.4) is 0 Å². The van der Waals surface area contributed by atoms with Gasteiger partial charge in [-0.05, 0) is 17.7 Å². The van der Waals surface area contributed by atoms with Gasteiger partial charge in [0.1, 0.15) is 0 Å². The maximum absolute atomic E-state index is 6.81. The molecule has 15 heavy (non-hydrogen) atoms. The van der Waals surface area contributed by atoms with Crippen LogP contribution in [0.5, 0.6) is 0 Å². The number of hydrogen-bond acceptors (Lipinski definition) is 0. The minimum Gasteiger partial charge on any atom is -0.350 e. The number of benzene rings is 1. The Hall–Kier alpha value is -1.27. The van der Waals surface area contributed by atoms with Gasteiger partial charge in [-0.2, -0.15) is 0 Å². The van der Waals surface area contributed by atoms with E-state index in [1.54, 1.807) is 0 Å². The topological polar surface area (TPSA) is 9.29 Å². The monoisotopic (exact) mass is 262 g/mol. The largest absolute Gasteiger partial charge is 0.350 e. The van der Waals surface area contributed by atoms with E-state index >= 15 is 0 Å². The van der Waals surface area contributed by atoms with Crippen LogP contribution in [0.4, 0.5) is 0 Å². The van der Waals surface area contributed by atoms with Gasteiger partial charge in [0, 0.05) is 35.0 Å². The van der Waals surface area contributed by atoms with Gasteiger partial charge in [-0.25, -0.2) is 6.57 Å². The number of halogens is 1. The van der Waals surface area contributed by atoms with E-state index in [-0.39, 0.29) is 0 Å². The van der Waals surface area contributed by atoms with Crippen molar-refractivity contribution >= 4 is 26.8 Å². The summed E-state index contributed by atoms with van der Waals surface area (Å²) in [7, 11) is 2.04. The van der Waals surface area contributed by atoms with Crippen LogP contribution in [0.15, 0.2) is 28.9 Å². The molecule has 76 valence electrons. The quantitative estimate of drug-likeness (QED) is 0.734. The highest BCUT2D eigenvalue weighted by atomic mass is 79.9. The van der Waals surface area contributed by atoms with Gasteiger partial charge in [0.05, 0.1) is 0 Å². The lowest BCUT2D eigenvalue weighted by Crippen LogP contribution is -1.85. The fourth-order valence-corrected chi connectivity index (χ4v) is 2.17. The molecule has 0 N–H and O–H groups in total. The predicted octanol–water partition coefficient (Wildman–Crippen LogP) is 3.40. The Morgan fingerprint density at radius 2 is 2.27 bits per heavy atom. The van der Waals surface area contributed by atoms with E-state index in [0.717, 1.165) is 10.9 Å². The zero-order chi connectivity index (χ0) is 10.8. The Morgan fingerprint density at radius 3 is 3.00 bits per heavy atom. The van der Waals surface area contributed by atoms with Gasteiger partial charge in [-0.1, -0.05) is 22.0 Å². The SMILES string of the molecule is [C-]#[N+]CCc1cn(C)c2cc(Br)ccc12. The first-order chi connectivity index (χ1) is 7.22. The van der Waals surface area contributed by atoms with Crippen molar-refractivity contribution in [3.05, 3.63) is 45.8 Å². The van der Waals surface area contributed by atoms with E-state index < -0.39 is 0 Å². The summed E-state index contributed by atoms with van der Waals surface area (Å²) in [6.45, 7) is 7.38. The average molecular weight is 263 g/mol. The molecule has 2 rings (SSSR count). The number of hydrogen-bond donors (Lipinski definition) is 0. The number of aryl methyl sites for hydroxylation is 1. The van der Waals surface area contributed by atoms with E-state index in [0.29, 0.717) is 6.54 Å². The molecule has 0 radical (unpaired) electrons. The second-order valence-corrected chi connectivity index (χ2v) is 4.47. The van der Waals surface area contributed by atoms with Crippen molar-refractivity contribution in [2.24, 2.45) is 7.05 Å². The molecule has 0 fully saturated rings. The van der Waals surface area contributed by atoms with Crippen molar-refractivity contribution in [2.75, 3.05) is 6.54 Å². The van der Waals surface area contributed by atoms with Crippen molar-refractivity contribution in [2.45, 2.75) is 6.42 Å². The van der Waals surface area contributed by atoms with E-state index in [1.807, 2.05) is 13.1 Å². The molecule has 1 heterocycles. The van der Waals surface area contributed by atoms with Crippen molar-refractivity contribution in [3.8, 4) is 0 Å². The summed E-state index contributed by atoms with van der Waals surface area (Å²) in [5, 5.41) is 1.25. The Kier molecular flexibility index (Phi) is 2.79. The first-order valence-corrected chi connectivity index (χ1v) is 5.58. The summed E-state index contributed by atoms with van der Waals surface area (Å²) in [6.07, 6.45) is 2.95. The zero-order valence-electron chi connectivity index (χ0n) is 8.50. The Morgan fingerprint density at radius 1 is 1.47 bits per heavy atom. The molecule has 0 atom stereocenters. The molecule has 0 saturated heterocycles. The molecular formula is C12H11BrN2. The van der Waals surface area contributed by atoms with Crippen LogP contribution < -0.4 is 0 Å². The average Bonchev–Trinajstić information content (AvgIpc) is 2.53. The maximum Gasteiger partial charge on any atom is 0.218 e. The number of fused-ring (bicyclic) bond motifs is 1. The van der Waals surface area contributed by atoms with Gasteiger partial charge in [-0.15, -0.1) is 0 Å². The van der Waals surface area contributed by atoms with Crippen LogP contribution >= 0.6 is 15.9 Å². The summed E-state index contributed by atoms with van der Waals surface area (Å²) < 4.78 is 3.20. The van der Waals surface area contributed by atoms with Crippen LogP contribution in [0.2, 0.25) is 0 Å². The van der Waals surface area contributed by atoms with Gasteiger partial charge >= 0.3 is 0 Å². The lowest BCUT2D eigenvalue weighted by molar-refractivity contribution is 0.950. The highest BCUT2D eigenvalue weighted by molar-refractivity contribution is 9.10. The summed E-state index contributed by atoms with van der Waals surface area (Å²) in [5.41, 5.74) is 2.47. The highest BCUT2D eigenvalue weighted by Gasteiger charge is 2.07. The third kappa shape index (κ3) is 1.91. The van der Waals surface area contributed by atoms with E-state index in [1.165, 1.54) is 16.5 Å². The number of aromatic nitrogens is 1. The molecule has 2 nitrogen and oxygen atoms in total. The lowest BCUT2D eigenvalue weighted by Gasteiger charge is -1.96. The summed E-state index contributed by atoms with van der Waals surface area (Å²) in [5.74, 6) is 0. The van der Waals surface area contributed by atoms with Crippen LogP contribution in [0.1, 0.15) is 5.56 Å². The summed E-state index contributed by atoms with van der Waals surface area (Å²) in [4.78, 5) is 3.40. The molecule has 1 aromatic carbocycles. The molecule has 0 aliphatic rings.